The lowest BCUT2D eigenvalue weighted by atomic mass is 9.99. The number of pyridine rings is 1. The van der Waals surface area contributed by atoms with Crippen LogP contribution in [0.4, 0.5) is 0 Å². The first kappa shape index (κ1) is 9.88. The van der Waals surface area contributed by atoms with Crippen molar-refractivity contribution < 1.29 is 0 Å². The number of rotatable bonds is 1. The molecule has 1 aromatic rings. The molecule has 1 aliphatic heterocycles. The maximum absolute atomic E-state index is 8.73. The van der Waals surface area contributed by atoms with Crippen LogP contribution in [0.15, 0.2) is 18.2 Å². The normalized spacial score (nSPS) is 15.6. The van der Waals surface area contributed by atoms with Crippen molar-refractivity contribution in [3.63, 3.8) is 0 Å². The Morgan fingerprint density at radius 1 is 1.47 bits per heavy atom. The minimum Gasteiger partial charge on any atom is -0.313 e. The molecule has 1 aliphatic rings. The van der Waals surface area contributed by atoms with Crippen molar-refractivity contribution in [1.82, 2.24) is 10.3 Å². The van der Waals surface area contributed by atoms with Crippen LogP contribution in [0, 0.1) is 18.3 Å². The van der Waals surface area contributed by atoms with Crippen molar-refractivity contribution in [2.24, 2.45) is 0 Å². The molecule has 0 spiro atoms. The SMILES string of the molecule is Cc1nc(C#N)ccc1C1=CCNCC1. The lowest BCUT2D eigenvalue weighted by Gasteiger charge is -2.15. The molecule has 0 amide bonds. The smallest absolute Gasteiger partial charge is 0.140 e. The van der Waals surface area contributed by atoms with Gasteiger partial charge in [0, 0.05) is 12.2 Å². The summed E-state index contributed by atoms with van der Waals surface area (Å²) in [5.41, 5.74) is 3.95. The average Bonchev–Trinajstić information content (AvgIpc) is 2.30. The van der Waals surface area contributed by atoms with Gasteiger partial charge in [-0.05, 0) is 37.1 Å². The van der Waals surface area contributed by atoms with Gasteiger partial charge >= 0.3 is 0 Å². The molecule has 0 bridgehead atoms. The highest BCUT2D eigenvalue weighted by atomic mass is 14.8. The second-order valence-electron chi connectivity index (χ2n) is 3.62. The van der Waals surface area contributed by atoms with Crippen LogP contribution in [-0.2, 0) is 0 Å². The fourth-order valence-electron chi connectivity index (χ4n) is 1.83. The second-order valence-corrected chi connectivity index (χ2v) is 3.62. The third-order valence-corrected chi connectivity index (χ3v) is 2.61. The molecular formula is C12H13N3. The molecule has 0 aliphatic carbocycles. The summed E-state index contributed by atoms with van der Waals surface area (Å²) in [4.78, 5) is 4.24. The quantitative estimate of drug-likeness (QED) is 0.748. The van der Waals surface area contributed by atoms with Crippen molar-refractivity contribution in [1.29, 1.82) is 5.26 Å². The van der Waals surface area contributed by atoms with Crippen LogP contribution < -0.4 is 5.32 Å². The molecule has 0 aromatic carbocycles. The minimum atomic E-state index is 0.491. The first-order valence-electron chi connectivity index (χ1n) is 5.09. The highest BCUT2D eigenvalue weighted by molar-refractivity contribution is 5.68. The second kappa shape index (κ2) is 4.24. The molecule has 2 heterocycles. The van der Waals surface area contributed by atoms with E-state index in [1.165, 1.54) is 11.1 Å². The van der Waals surface area contributed by atoms with E-state index in [0.717, 1.165) is 25.2 Å². The van der Waals surface area contributed by atoms with Gasteiger partial charge < -0.3 is 5.32 Å². The molecule has 0 saturated heterocycles. The van der Waals surface area contributed by atoms with Gasteiger partial charge in [-0.15, -0.1) is 0 Å². The van der Waals surface area contributed by atoms with E-state index in [2.05, 4.69) is 22.4 Å². The molecule has 1 aromatic heterocycles. The molecule has 76 valence electrons. The average molecular weight is 199 g/mol. The number of aryl methyl sites for hydroxylation is 1. The summed E-state index contributed by atoms with van der Waals surface area (Å²) in [5.74, 6) is 0. The van der Waals surface area contributed by atoms with Gasteiger partial charge in [0.05, 0.1) is 0 Å². The van der Waals surface area contributed by atoms with Crippen LogP contribution in [0.25, 0.3) is 5.57 Å². The number of nitriles is 1. The van der Waals surface area contributed by atoms with Crippen molar-refractivity contribution in [2.75, 3.05) is 13.1 Å². The zero-order valence-electron chi connectivity index (χ0n) is 8.75. The van der Waals surface area contributed by atoms with Gasteiger partial charge in [-0.25, -0.2) is 4.98 Å². The molecule has 1 N–H and O–H groups in total. The largest absolute Gasteiger partial charge is 0.313 e. The molecule has 3 heteroatoms. The molecular weight excluding hydrogens is 186 g/mol. The number of hydrogen-bond donors (Lipinski definition) is 1. The third-order valence-electron chi connectivity index (χ3n) is 2.61. The Labute approximate surface area is 89.5 Å². The maximum atomic E-state index is 8.73. The Hall–Kier alpha value is -1.66. The Morgan fingerprint density at radius 3 is 2.93 bits per heavy atom. The van der Waals surface area contributed by atoms with Gasteiger partial charge in [0.2, 0.25) is 0 Å². The zero-order chi connectivity index (χ0) is 10.7. The van der Waals surface area contributed by atoms with E-state index in [4.69, 9.17) is 5.26 Å². The molecule has 0 unspecified atom stereocenters. The van der Waals surface area contributed by atoms with Gasteiger partial charge in [0.25, 0.3) is 0 Å². The van der Waals surface area contributed by atoms with E-state index in [9.17, 15) is 0 Å². The first-order valence-corrected chi connectivity index (χ1v) is 5.09. The lowest BCUT2D eigenvalue weighted by Crippen LogP contribution is -2.20. The Balaban J connectivity index is 2.37. The molecule has 3 nitrogen and oxygen atoms in total. The highest BCUT2D eigenvalue weighted by Crippen LogP contribution is 2.21. The standard InChI is InChI=1S/C12H13N3/c1-9-12(3-2-11(8-13)15-9)10-4-6-14-7-5-10/h2-4,14H,5-7H2,1H3. The summed E-state index contributed by atoms with van der Waals surface area (Å²) in [7, 11) is 0. The van der Waals surface area contributed by atoms with E-state index < -0.39 is 0 Å². The number of aromatic nitrogens is 1. The molecule has 15 heavy (non-hydrogen) atoms. The van der Waals surface area contributed by atoms with Gasteiger partial charge in [0.1, 0.15) is 11.8 Å². The Morgan fingerprint density at radius 2 is 2.33 bits per heavy atom. The van der Waals surface area contributed by atoms with Crippen LogP contribution in [0.3, 0.4) is 0 Å². The van der Waals surface area contributed by atoms with E-state index in [1.807, 2.05) is 13.0 Å². The highest BCUT2D eigenvalue weighted by Gasteiger charge is 2.09. The van der Waals surface area contributed by atoms with Crippen LogP contribution in [0.1, 0.15) is 23.4 Å². The van der Waals surface area contributed by atoms with Crippen LogP contribution in [0.5, 0.6) is 0 Å². The lowest BCUT2D eigenvalue weighted by molar-refractivity contribution is 0.738. The van der Waals surface area contributed by atoms with Crippen LogP contribution in [0.2, 0.25) is 0 Å². The monoisotopic (exact) mass is 199 g/mol. The predicted molar refractivity (Wildman–Crippen MR) is 59.2 cm³/mol. The fraction of sp³-hybridized carbons (Fsp3) is 0.333. The van der Waals surface area contributed by atoms with Gasteiger partial charge in [-0.1, -0.05) is 12.1 Å². The summed E-state index contributed by atoms with van der Waals surface area (Å²) < 4.78 is 0. The summed E-state index contributed by atoms with van der Waals surface area (Å²) >= 11 is 0. The number of hydrogen-bond acceptors (Lipinski definition) is 3. The van der Waals surface area contributed by atoms with Crippen LogP contribution >= 0.6 is 0 Å². The zero-order valence-corrected chi connectivity index (χ0v) is 8.75. The number of nitrogens with one attached hydrogen (secondary N) is 1. The maximum Gasteiger partial charge on any atom is 0.140 e. The molecule has 0 fully saturated rings. The number of nitrogens with zero attached hydrogens (tertiary/aromatic N) is 2. The van der Waals surface area contributed by atoms with Crippen molar-refractivity contribution in [3.8, 4) is 6.07 Å². The van der Waals surface area contributed by atoms with Crippen molar-refractivity contribution >= 4 is 5.57 Å². The molecule has 0 atom stereocenters. The van der Waals surface area contributed by atoms with E-state index >= 15 is 0 Å². The molecule has 2 rings (SSSR count). The Bertz CT molecular complexity index is 441. The third kappa shape index (κ3) is 2.05. The van der Waals surface area contributed by atoms with Gasteiger partial charge in [-0.3, -0.25) is 0 Å². The first-order chi connectivity index (χ1) is 7.31. The molecule has 0 radical (unpaired) electrons. The topological polar surface area (TPSA) is 48.7 Å². The van der Waals surface area contributed by atoms with Crippen LogP contribution in [-0.4, -0.2) is 18.1 Å². The van der Waals surface area contributed by atoms with Gasteiger partial charge in [0.15, 0.2) is 0 Å². The predicted octanol–water partition coefficient (Wildman–Crippen LogP) is 1.64. The van der Waals surface area contributed by atoms with Crippen molar-refractivity contribution in [2.45, 2.75) is 13.3 Å². The van der Waals surface area contributed by atoms with E-state index in [0.29, 0.717) is 5.69 Å². The Kier molecular flexibility index (Phi) is 2.79. The summed E-state index contributed by atoms with van der Waals surface area (Å²) in [6, 6.07) is 5.84. The van der Waals surface area contributed by atoms with E-state index in [1.54, 1.807) is 6.07 Å². The van der Waals surface area contributed by atoms with Crippen molar-refractivity contribution in [3.05, 3.63) is 35.2 Å². The van der Waals surface area contributed by atoms with E-state index in [-0.39, 0.29) is 0 Å². The summed E-state index contributed by atoms with van der Waals surface area (Å²) in [6.45, 7) is 3.90. The summed E-state index contributed by atoms with van der Waals surface area (Å²) in [5, 5.41) is 12.0. The molecule has 0 saturated carbocycles. The fourth-order valence-corrected chi connectivity index (χ4v) is 1.83. The minimum absolute atomic E-state index is 0.491. The van der Waals surface area contributed by atoms with Gasteiger partial charge in [-0.2, -0.15) is 5.26 Å². The summed E-state index contributed by atoms with van der Waals surface area (Å²) in [6.07, 6.45) is 3.23.